The number of hydrogen-bond donors (Lipinski definition) is 3. The molecule has 0 bridgehead atoms. The minimum Gasteiger partial charge on any atom is -0.459 e. The molecule has 5 nitrogen and oxygen atoms in total. The standard InChI is InChI=1S/C15H21ClO5/c1-6-3-10(18)12-13(21-14(19)15(12,20)5-16)11-7(2)9(17)4-8(6)11/h7-13,17-18,20H,1,3-5H2,2H3. The van der Waals surface area contributed by atoms with Crippen LogP contribution in [0.3, 0.4) is 0 Å². The summed E-state index contributed by atoms with van der Waals surface area (Å²) in [5, 5.41) is 31.2. The molecule has 21 heavy (non-hydrogen) atoms. The van der Waals surface area contributed by atoms with Gasteiger partial charge >= 0.3 is 5.97 Å². The molecule has 0 aromatic carbocycles. The van der Waals surface area contributed by atoms with E-state index in [-0.39, 0.29) is 30.1 Å². The van der Waals surface area contributed by atoms with E-state index in [2.05, 4.69) is 6.58 Å². The summed E-state index contributed by atoms with van der Waals surface area (Å²) in [7, 11) is 0. The molecule has 6 heteroatoms. The number of rotatable bonds is 1. The number of carbonyl (C=O) groups is 1. The molecule has 0 aromatic rings. The maximum absolute atomic E-state index is 12.1. The second kappa shape index (κ2) is 4.95. The summed E-state index contributed by atoms with van der Waals surface area (Å²) in [4.78, 5) is 12.1. The van der Waals surface area contributed by atoms with Crippen LogP contribution in [-0.4, -0.2) is 51.1 Å². The molecular formula is C15H21ClO5. The predicted molar refractivity (Wildman–Crippen MR) is 75.6 cm³/mol. The van der Waals surface area contributed by atoms with E-state index in [4.69, 9.17) is 16.3 Å². The van der Waals surface area contributed by atoms with Crippen molar-refractivity contribution in [3.8, 4) is 0 Å². The lowest BCUT2D eigenvalue weighted by molar-refractivity contribution is -0.155. The second-order valence-corrected chi connectivity index (χ2v) is 7.00. The molecule has 0 aromatic heterocycles. The molecular weight excluding hydrogens is 296 g/mol. The molecule has 2 saturated carbocycles. The van der Waals surface area contributed by atoms with Crippen LogP contribution in [0.5, 0.6) is 0 Å². The molecule has 1 saturated heterocycles. The van der Waals surface area contributed by atoms with Crippen LogP contribution in [0.4, 0.5) is 0 Å². The van der Waals surface area contributed by atoms with Crippen molar-refractivity contribution < 1.29 is 24.9 Å². The van der Waals surface area contributed by atoms with Gasteiger partial charge in [-0.05, 0) is 24.7 Å². The number of aliphatic hydroxyl groups excluding tert-OH is 2. The van der Waals surface area contributed by atoms with Crippen LogP contribution in [0.25, 0.3) is 0 Å². The first-order chi connectivity index (χ1) is 9.81. The highest BCUT2D eigenvalue weighted by Gasteiger charge is 2.64. The van der Waals surface area contributed by atoms with Gasteiger partial charge < -0.3 is 20.1 Å². The van der Waals surface area contributed by atoms with Gasteiger partial charge in [0, 0.05) is 5.92 Å². The van der Waals surface area contributed by atoms with Crippen LogP contribution < -0.4 is 0 Å². The molecule has 3 fully saturated rings. The first kappa shape index (κ1) is 15.3. The highest BCUT2D eigenvalue weighted by Crippen LogP contribution is 2.53. The third-order valence-corrected chi connectivity index (χ3v) is 6.08. The zero-order valence-electron chi connectivity index (χ0n) is 11.9. The Kier molecular flexibility index (Phi) is 3.60. The maximum Gasteiger partial charge on any atom is 0.340 e. The molecule has 8 unspecified atom stereocenters. The number of fused-ring (bicyclic) bond motifs is 3. The average Bonchev–Trinajstić information content (AvgIpc) is 2.82. The van der Waals surface area contributed by atoms with E-state index < -0.39 is 35.8 Å². The number of ether oxygens (including phenoxy) is 1. The Morgan fingerprint density at radius 1 is 1.43 bits per heavy atom. The number of carbonyl (C=O) groups excluding carboxylic acids is 1. The monoisotopic (exact) mass is 316 g/mol. The number of esters is 1. The summed E-state index contributed by atoms with van der Waals surface area (Å²) in [6, 6.07) is 0. The summed E-state index contributed by atoms with van der Waals surface area (Å²) in [5.74, 6) is -2.10. The van der Waals surface area contributed by atoms with Crippen molar-refractivity contribution in [2.24, 2.45) is 23.7 Å². The number of alkyl halides is 1. The fourth-order valence-electron chi connectivity index (χ4n) is 4.47. The van der Waals surface area contributed by atoms with Crippen molar-refractivity contribution in [2.45, 2.75) is 43.7 Å². The average molecular weight is 317 g/mol. The lowest BCUT2D eigenvalue weighted by Gasteiger charge is -2.32. The maximum atomic E-state index is 12.1. The first-order valence-electron chi connectivity index (χ1n) is 7.34. The molecule has 0 spiro atoms. The second-order valence-electron chi connectivity index (χ2n) is 6.73. The van der Waals surface area contributed by atoms with Crippen LogP contribution >= 0.6 is 11.6 Å². The topological polar surface area (TPSA) is 87.0 Å². The first-order valence-corrected chi connectivity index (χ1v) is 7.88. The molecule has 0 radical (unpaired) electrons. The summed E-state index contributed by atoms with van der Waals surface area (Å²) in [5.41, 5.74) is -1.02. The van der Waals surface area contributed by atoms with Gasteiger partial charge in [-0.2, -0.15) is 0 Å². The van der Waals surface area contributed by atoms with Crippen LogP contribution in [-0.2, 0) is 9.53 Å². The fraction of sp³-hybridized carbons (Fsp3) is 0.800. The van der Waals surface area contributed by atoms with E-state index in [1.165, 1.54) is 0 Å². The van der Waals surface area contributed by atoms with Crippen LogP contribution in [0, 0.1) is 23.7 Å². The van der Waals surface area contributed by atoms with Crippen LogP contribution in [0.1, 0.15) is 19.8 Å². The van der Waals surface area contributed by atoms with Gasteiger partial charge in [-0.25, -0.2) is 4.79 Å². The Labute approximate surface area is 128 Å². The third kappa shape index (κ3) is 1.98. The molecule has 8 atom stereocenters. The van der Waals surface area contributed by atoms with Crippen molar-refractivity contribution in [3.05, 3.63) is 12.2 Å². The number of hydrogen-bond acceptors (Lipinski definition) is 5. The number of halogens is 1. The van der Waals surface area contributed by atoms with E-state index in [1.54, 1.807) is 0 Å². The molecule has 2 aliphatic carbocycles. The third-order valence-electron chi connectivity index (χ3n) is 5.67. The van der Waals surface area contributed by atoms with Gasteiger partial charge in [0.2, 0.25) is 0 Å². The Bertz CT molecular complexity index is 481. The van der Waals surface area contributed by atoms with Gasteiger partial charge in [-0.3, -0.25) is 0 Å². The molecule has 3 aliphatic rings. The zero-order valence-corrected chi connectivity index (χ0v) is 12.7. The Morgan fingerprint density at radius 2 is 2.10 bits per heavy atom. The van der Waals surface area contributed by atoms with Crippen LogP contribution in [0.15, 0.2) is 12.2 Å². The largest absolute Gasteiger partial charge is 0.459 e. The van der Waals surface area contributed by atoms with E-state index in [1.807, 2.05) is 6.92 Å². The van der Waals surface area contributed by atoms with E-state index in [0.717, 1.165) is 5.57 Å². The van der Waals surface area contributed by atoms with Gasteiger partial charge in [0.1, 0.15) is 6.10 Å². The van der Waals surface area contributed by atoms with Gasteiger partial charge in [0.15, 0.2) is 5.60 Å². The van der Waals surface area contributed by atoms with E-state index in [0.29, 0.717) is 6.42 Å². The lowest BCUT2D eigenvalue weighted by atomic mass is 9.75. The minimum absolute atomic E-state index is 0.00914. The SMILES string of the molecule is C=C1CC(O)C2C(OC(=O)C2(O)CCl)C2C1CC(O)C2C. The van der Waals surface area contributed by atoms with Crippen molar-refractivity contribution in [2.75, 3.05) is 5.88 Å². The van der Waals surface area contributed by atoms with Gasteiger partial charge in [0.25, 0.3) is 0 Å². The minimum atomic E-state index is -1.87. The predicted octanol–water partition coefficient (Wildman–Crippen LogP) is 0.452. The highest BCUT2D eigenvalue weighted by molar-refractivity contribution is 6.20. The van der Waals surface area contributed by atoms with E-state index in [9.17, 15) is 20.1 Å². The zero-order chi connectivity index (χ0) is 15.5. The van der Waals surface area contributed by atoms with Gasteiger partial charge in [-0.15, -0.1) is 11.6 Å². The molecule has 3 rings (SSSR count). The normalized spacial score (nSPS) is 53.1. The van der Waals surface area contributed by atoms with Crippen molar-refractivity contribution in [1.29, 1.82) is 0 Å². The van der Waals surface area contributed by atoms with Gasteiger partial charge in [0.05, 0.1) is 24.0 Å². The van der Waals surface area contributed by atoms with Gasteiger partial charge in [-0.1, -0.05) is 19.1 Å². The van der Waals surface area contributed by atoms with Crippen molar-refractivity contribution in [3.63, 3.8) is 0 Å². The highest BCUT2D eigenvalue weighted by atomic mass is 35.5. The van der Waals surface area contributed by atoms with Crippen molar-refractivity contribution in [1.82, 2.24) is 0 Å². The Morgan fingerprint density at radius 3 is 2.71 bits per heavy atom. The summed E-state index contributed by atoms with van der Waals surface area (Å²) in [6.45, 7) is 5.94. The quantitative estimate of drug-likeness (QED) is 0.371. The smallest absolute Gasteiger partial charge is 0.340 e. The van der Waals surface area contributed by atoms with Crippen molar-refractivity contribution >= 4 is 17.6 Å². The summed E-state index contributed by atoms with van der Waals surface area (Å²) in [6.07, 6.45) is -1.20. The molecule has 1 aliphatic heterocycles. The molecule has 3 N–H and O–H groups in total. The fourth-order valence-corrected chi connectivity index (χ4v) is 4.76. The molecule has 1 heterocycles. The Hall–Kier alpha value is -0.620. The van der Waals surface area contributed by atoms with E-state index >= 15 is 0 Å². The summed E-state index contributed by atoms with van der Waals surface area (Å²) >= 11 is 5.79. The molecule has 118 valence electrons. The number of aliphatic hydroxyl groups is 3. The summed E-state index contributed by atoms with van der Waals surface area (Å²) < 4.78 is 5.42. The Balaban J connectivity index is 2.05. The lowest BCUT2D eigenvalue weighted by Crippen LogP contribution is -2.50. The molecule has 0 amide bonds. The van der Waals surface area contributed by atoms with Crippen LogP contribution in [0.2, 0.25) is 0 Å².